The van der Waals surface area contributed by atoms with Crippen LogP contribution in [0.2, 0.25) is 0 Å². The Bertz CT molecular complexity index is 388. The van der Waals surface area contributed by atoms with Crippen LogP contribution in [0.15, 0.2) is 16.6 Å². The third kappa shape index (κ3) is 1.84. The van der Waals surface area contributed by atoms with Gasteiger partial charge in [-0.05, 0) is 26.0 Å². The summed E-state index contributed by atoms with van der Waals surface area (Å²) in [4.78, 5) is 0. The van der Waals surface area contributed by atoms with Crippen LogP contribution in [0.5, 0.6) is 11.5 Å². The lowest BCUT2D eigenvalue weighted by Gasteiger charge is -2.25. The molecule has 0 spiro atoms. The minimum atomic E-state index is -0.347. The molecule has 0 aromatic heterocycles. The monoisotopic (exact) mass is 272 g/mol. The Morgan fingerprint density at radius 3 is 2.47 bits per heavy atom. The highest BCUT2D eigenvalue weighted by molar-refractivity contribution is 9.10. The number of hydrogen-bond donors (Lipinski definition) is 0. The number of benzene rings is 1. The number of halogens is 1. The van der Waals surface area contributed by atoms with Gasteiger partial charge in [0.1, 0.15) is 0 Å². The molecule has 82 valence electrons. The first kappa shape index (κ1) is 10.8. The van der Waals surface area contributed by atoms with E-state index in [4.69, 9.17) is 14.2 Å². The van der Waals surface area contributed by atoms with E-state index in [0.29, 0.717) is 6.79 Å². The summed E-state index contributed by atoms with van der Waals surface area (Å²) in [6, 6.07) is 3.87. The van der Waals surface area contributed by atoms with Crippen molar-refractivity contribution in [2.24, 2.45) is 0 Å². The first-order valence-corrected chi connectivity index (χ1v) is 5.48. The minimum absolute atomic E-state index is 0.290. The Hall–Kier alpha value is -0.740. The Morgan fingerprint density at radius 1 is 1.27 bits per heavy atom. The molecular weight excluding hydrogens is 260 g/mol. The van der Waals surface area contributed by atoms with Crippen molar-refractivity contribution in [2.45, 2.75) is 19.4 Å². The summed E-state index contributed by atoms with van der Waals surface area (Å²) in [5.41, 5.74) is 0.703. The average molecular weight is 273 g/mol. The molecule has 0 atom stereocenters. The maximum Gasteiger partial charge on any atom is 0.231 e. The fourth-order valence-electron chi connectivity index (χ4n) is 1.49. The third-order valence-electron chi connectivity index (χ3n) is 2.62. The fraction of sp³-hybridized carbons (Fsp3) is 0.455. The molecule has 4 heteroatoms. The van der Waals surface area contributed by atoms with Crippen LogP contribution in [0.1, 0.15) is 19.4 Å². The molecule has 0 aliphatic carbocycles. The quantitative estimate of drug-likeness (QED) is 0.828. The van der Waals surface area contributed by atoms with Gasteiger partial charge in [-0.3, -0.25) is 0 Å². The van der Waals surface area contributed by atoms with Crippen molar-refractivity contribution in [3.8, 4) is 11.5 Å². The lowest BCUT2D eigenvalue weighted by atomic mass is 9.98. The maximum atomic E-state index is 5.44. The van der Waals surface area contributed by atoms with Crippen LogP contribution >= 0.6 is 15.9 Å². The second-order valence-corrected chi connectivity index (χ2v) is 4.75. The highest BCUT2D eigenvalue weighted by Crippen LogP contribution is 2.41. The zero-order chi connectivity index (χ0) is 11.1. The van der Waals surface area contributed by atoms with Gasteiger partial charge in [0.05, 0.1) is 5.60 Å². The summed E-state index contributed by atoms with van der Waals surface area (Å²) in [6.07, 6.45) is 0. The summed E-state index contributed by atoms with van der Waals surface area (Å²) in [5, 5.41) is 0. The van der Waals surface area contributed by atoms with Gasteiger partial charge in [-0.25, -0.2) is 0 Å². The lowest BCUT2D eigenvalue weighted by Crippen LogP contribution is -2.19. The SMILES string of the molecule is COC(C)(C)c1cc2c(cc1Br)OCO2. The Balaban J connectivity index is 2.49. The maximum absolute atomic E-state index is 5.44. The van der Waals surface area contributed by atoms with Crippen molar-refractivity contribution < 1.29 is 14.2 Å². The van der Waals surface area contributed by atoms with Crippen LogP contribution < -0.4 is 9.47 Å². The molecule has 15 heavy (non-hydrogen) atoms. The van der Waals surface area contributed by atoms with Crippen molar-refractivity contribution >= 4 is 15.9 Å². The topological polar surface area (TPSA) is 27.7 Å². The molecule has 1 heterocycles. The number of methoxy groups -OCH3 is 1. The van der Waals surface area contributed by atoms with Crippen LogP contribution in [0, 0.1) is 0 Å². The number of fused-ring (bicyclic) bond motifs is 1. The van der Waals surface area contributed by atoms with Crippen molar-refractivity contribution in [1.29, 1.82) is 0 Å². The van der Waals surface area contributed by atoms with Crippen LogP contribution in [-0.2, 0) is 10.3 Å². The van der Waals surface area contributed by atoms with E-state index < -0.39 is 0 Å². The first-order valence-electron chi connectivity index (χ1n) is 4.69. The molecule has 3 nitrogen and oxygen atoms in total. The van der Waals surface area contributed by atoms with Gasteiger partial charge in [0.25, 0.3) is 0 Å². The summed E-state index contributed by atoms with van der Waals surface area (Å²) in [5.74, 6) is 1.55. The summed E-state index contributed by atoms with van der Waals surface area (Å²) < 4.78 is 17.0. The molecule has 1 aromatic carbocycles. The predicted molar refractivity (Wildman–Crippen MR) is 60.3 cm³/mol. The molecule has 2 rings (SSSR count). The standard InChI is InChI=1S/C11H13BrO3/c1-11(2,13-3)7-4-9-10(5-8(7)12)15-6-14-9/h4-5H,6H2,1-3H3. The van der Waals surface area contributed by atoms with E-state index in [-0.39, 0.29) is 5.60 Å². The van der Waals surface area contributed by atoms with Crippen LogP contribution in [0.4, 0.5) is 0 Å². The van der Waals surface area contributed by atoms with E-state index in [1.54, 1.807) is 7.11 Å². The second kappa shape index (κ2) is 3.68. The van der Waals surface area contributed by atoms with E-state index in [1.165, 1.54) is 0 Å². The zero-order valence-corrected chi connectivity index (χ0v) is 10.6. The van der Waals surface area contributed by atoms with Crippen molar-refractivity contribution in [2.75, 3.05) is 13.9 Å². The van der Waals surface area contributed by atoms with Gasteiger partial charge in [0.15, 0.2) is 11.5 Å². The molecule has 0 N–H and O–H groups in total. The Morgan fingerprint density at radius 2 is 1.87 bits per heavy atom. The van der Waals surface area contributed by atoms with Gasteiger partial charge in [0.2, 0.25) is 6.79 Å². The molecule has 0 bridgehead atoms. The molecule has 0 unspecified atom stereocenters. The van der Waals surface area contributed by atoms with Gasteiger partial charge in [-0.2, -0.15) is 0 Å². The first-order chi connectivity index (χ1) is 7.04. The number of hydrogen-bond acceptors (Lipinski definition) is 3. The van der Waals surface area contributed by atoms with Crippen molar-refractivity contribution in [3.05, 3.63) is 22.2 Å². The summed E-state index contributed by atoms with van der Waals surface area (Å²) in [7, 11) is 1.69. The van der Waals surface area contributed by atoms with E-state index in [0.717, 1.165) is 21.5 Å². The van der Waals surface area contributed by atoms with Gasteiger partial charge in [-0.1, -0.05) is 15.9 Å². The second-order valence-electron chi connectivity index (χ2n) is 3.90. The van der Waals surface area contributed by atoms with Crippen molar-refractivity contribution in [3.63, 3.8) is 0 Å². The van der Waals surface area contributed by atoms with E-state index in [1.807, 2.05) is 26.0 Å². The summed E-state index contributed by atoms with van der Waals surface area (Å²) in [6.45, 7) is 4.31. The highest BCUT2D eigenvalue weighted by atomic mass is 79.9. The molecule has 0 saturated carbocycles. The summed E-state index contributed by atoms with van der Waals surface area (Å²) >= 11 is 3.51. The van der Waals surface area contributed by atoms with Crippen LogP contribution in [0.3, 0.4) is 0 Å². The molecular formula is C11H13BrO3. The molecule has 0 radical (unpaired) electrons. The smallest absolute Gasteiger partial charge is 0.231 e. The highest BCUT2D eigenvalue weighted by Gasteiger charge is 2.26. The van der Waals surface area contributed by atoms with E-state index >= 15 is 0 Å². The van der Waals surface area contributed by atoms with Gasteiger partial charge >= 0.3 is 0 Å². The van der Waals surface area contributed by atoms with Gasteiger partial charge < -0.3 is 14.2 Å². The molecule has 0 amide bonds. The lowest BCUT2D eigenvalue weighted by molar-refractivity contribution is 0.0185. The minimum Gasteiger partial charge on any atom is -0.454 e. The number of rotatable bonds is 2. The van der Waals surface area contributed by atoms with E-state index in [9.17, 15) is 0 Å². The van der Waals surface area contributed by atoms with Crippen LogP contribution in [-0.4, -0.2) is 13.9 Å². The van der Waals surface area contributed by atoms with Crippen LogP contribution in [0.25, 0.3) is 0 Å². The fourth-order valence-corrected chi connectivity index (χ4v) is 2.29. The molecule has 1 aliphatic heterocycles. The average Bonchev–Trinajstić information content (AvgIpc) is 2.63. The number of ether oxygens (including phenoxy) is 3. The van der Waals surface area contributed by atoms with Gasteiger partial charge in [-0.15, -0.1) is 0 Å². The normalized spacial score (nSPS) is 14.4. The largest absolute Gasteiger partial charge is 0.454 e. The third-order valence-corrected chi connectivity index (χ3v) is 3.28. The zero-order valence-electron chi connectivity index (χ0n) is 8.96. The van der Waals surface area contributed by atoms with Crippen molar-refractivity contribution in [1.82, 2.24) is 0 Å². The predicted octanol–water partition coefficient (Wildman–Crippen LogP) is 3.06. The molecule has 1 aliphatic rings. The van der Waals surface area contributed by atoms with E-state index in [2.05, 4.69) is 15.9 Å². The molecule has 0 fully saturated rings. The Labute approximate surface area is 97.5 Å². The Kier molecular flexibility index (Phi) is 2.64. The molecule has 1 aromatic rings. The van der Waals surface area contributed by atoms with Gasteiger partial charge in [0, 0.05) is 17.1 Å². The molecule has 0 saturated heterocycles.